The van der Waals surface area contributed by atoms with Crippen LogP contribution in [-0.4, -0.2) is 38.0 Å². The smallest absolute Gasteiger partial charge is 0.462 e. The molecule has 0 aliphatic rings. The first-order valence-electron chi connectivity index (χ1n) is 8.92. The van der Waals surface area contributed by atoms with Crippen molar-refractivity contribution in [3.8, 4) is 11.5 Å². The van der Waals surface area contributed by atoms with Crippen LogP contribution in [0.1, 0.15) is 13.8 Å². The highest BCUT2D eigenvalue weighted by Gasteiger charge is 2.40. The third-order valence-electron chi connectivity index (χ3n) is 3.46. The molecule has 2 aromatic rings. The van der Waals surface area contributed by atoms with Crippen molar-refractivity contribution in [3.63, 3.8) is 0 Å². The van der Waals surface area contributed by atoms with Gasteiger partial charge in [-0.25, -0.2) is 9.09 Å². The van der Waals surface area contributed by atoms with Gasteiger partial charge in [-0.15, -0.1) is 0 Å². The van der Waals surface area contributed by atoms with E-state index in [9.17, 15) is 14.2 Å². The third kappa shape index (κ3) is 7.87. The maximum absolute atomic E-state index is 13.5. The lowest BCUT2D eigenvalue weighted by Gasteiger charge is -2.28. The number of para-hydroxylation sites is 2. The van der Waals surface area contributed by atoms with E-state index in [1.807, 2.05) is 0 Å². The van der Waals surface area contributed by atoms with Gasteiger partial charge in [-0.2, -0.15) is 0 Å². The minimum Gasteiger partial charge on any atom is -0.462 e. The van der Waals surface area contributed by atoms with E-state index in [1.54, 1.807) is 60.7 Å². The number of carbonyl (C=O) groups excluding carboxylic acids is 2. The van der Waals surface area contributed by atoms with E-state index in [0.717, 1.165) is 6.92 Å². The summed E-state index contributed by atoms with van der Waals surface area (Å²) in [6, 6.07) is 16.5. The van der Waals surface area contributed by atoms with Crippen molar-refractivity contribution in [3.05, 3.63) is 60.7 Å². The van der Waals surface area contributed by atoms with Crippen LogP contribution >= 0.6 is 7.82 Å². The summed E-state index contributed by atoms with van der Waals surface area (Å²) in [6.45, 7) is 1.97. The van der Waals surface area contributed by atoms with Gasteiger partial charge in [0.1, 0.15) is 18.1 Å². The van der Waals surface area contributed by atoms with Crippen LogP contribution in [0, 0.1) is 0 Å². The Balaban J connectivity index is 2.28. The molecular formula is C20H23O9P. The molecule has 0 saturated heterocycles. The van der Waals surface area contributed by atoms with E-state index in [4.69, 9.17) is 27.8 Å². The summed E-state index contributed by atoms with van der Waals surface area (Å²) in [5, 5.41) is 0. The van der Waals surface area contributed by atoms with Crippen molar-refractivity contribution in [2.24, 2.45) is 0 Å². The van der Waals surface area contributed by atoms with Gasteiger partial charge in [-0.3, -0.25) is 9.59 Å². The molecule has 0 fully saturated rings. The molecule has 2 aromatic carbocycles. The number of methoxy groups -OCH3 is 1. The van der Waals surface area contributed by atoms with Gasteiger partial charge < -0.3 is 23.3 Å². The number of esters is 2. The van der Waals surface area contributed by atoms with Crippen molar-refractivity contribution < 1.29 is 41.9 Å². The Morgan fingerprint density at radius 1 is 0.867 bits per heavy atom. The van der Waals surface area contributed by atoms with Crippen molar-refractivity contribution in [2.75, 3.05) is 13.7 Å². The number of hydrogen-bond acceptors (Lipinski definition) is 9. The minimum atomic E-state index is -4.34. The molecule has 162 valence electrons. The third-order valence-corrected chi connectivity index (χ3v) is 4.79. The number of ether oxygens (including phenoxy) is 3. The monoisotopic (exact) mass is 438 g/mol. The van der Waals surface area contributed by atoms with Gasteiger partial charge in [-0.1, -0.05) is 36.4 Å². The minimum absolute atomic E-state index is 0.218. The summed E-state index contributed by atoms with van der Waals surface area (Å²) in [4.78, 5) is 22.6. The lowest BCUT2D eigenvalue weighted by Crippen LogP contribution is -2.38. The first-order chi connectivity index (χ1) is 14.3. The number of rotatable bonds is 11. The topological polar surface area (TPSA) is 107 Å². The molecule has 0 saturated carbocycles. The SMILES string of the molecule is COC(OP(=O)(Oc1ccccc1)Oc1ccccc1)[C@@H](COC(C)=O)OC(C)=O. The summed E-state index contributed by atoms with van der Waals surface area (Å²) >= 11 is 0. The molecule has 0 aromatic heterocycles. The zero-order chi connectivity index (χ0) is 22.0. The van der Waals surface area contributed by atoms with Gasteiger partial charge >= 0.3 is 19.8 Å². The second kappa shape index (κ2) is 11.3. The van der Waals surface area contributed by atoms with E-state index in [-0.39, 0.29) is 18.1 Å². The van der Waals surface area contributed by atoms with Gasteiger partial charge in [0.15, 0.2) is 6.10 Å². The summed E-state index contributed by atoms with van der Waals surface area (Å²) in [5.74, 6) is -0.849. The highest BCUT2D eigenvalue weighted by Crippen LogP contribution is 2.51. The predicted octanol–water partition coefficient (Wildman–Crippen LogP) is 3.74. The Hall–Kier alpha value is -2.87. The lowest BCUT2D eigenvalue weighted by molar-refractivity contribution is -0.188. The van der Waals surface area contributed by atoms with Gasteiger partial charge in [0.25, 0.3) is 0 Å². The largest absolute Gasteiger partial charge is 0.590 e. The number of hydrogen-bond donors (Lipinski definition) is 0. The first kappa shape index (κ1) is 23.4. The van der Waals surface area contributed by atoms with E-state index in [2.05, 4.69) is 0 Å². The number of benzene rings is 2. The molecule has 0 bridgehead atoms. The lowest BCUT2D eigenvalue weighted by atomic mass is 10.3. The summed E-state index contributed by atoms with van der Waals surface area (Å²) in [5.41, 5.74) is 0. The summed E-state index contributed by atoms with van der Waals surface area (Å²) < 4.78 is 45.2. The van der Waals surface area contributed by atoms with Crippen LogP contribution in [0.25, 0.3) is 0 Å². The Labute approximate surface area is 174 Å². The van der Waals surface area contributed by atoms with E-state index in [0.29, 0.717) is 0 Å². The molecule has 0 spiro atoms. The molecular weight excluding hydrogens is 415 g/mol. The molecule has 10 heteroatoms. The highest BCUT2D eigenvalue weighted by molar-refractivity contribution is 7.49. The maximum atomic E-state index is 13.5. The Morgan fingerprint density at radius 3 is 1.77 bits per heavy atom. The van der Waals surface area contributed by atoms with Crippen LogP contribution < -0.4 is 9.05 Å². The highest BCUT2D eigenvalue weighted by atomic mass is 31.2. The average Bonchev–Trinajstić information content (AvgIpc) is 2.70. The van der Waals surface area contributed by atoms with Crippen molar-refractivity contribution >= 4 is 19.8 Å². The fraction of sp³-hybridized carbons (Fsp3) is 0.300. The Kier molecular flexibility index (Phi) is 8.86. The number of carbonyl (C=O) groups is 2. The zero-order valence-corrected chi connectivity index (χ0v) is 17.7. The van der Waals surface area contributed by atoms with Crippen LogP contribution in [0.4, 0.5) is 0 Å². The van der Waals surface area contributed by atoms with Crippen molar-refractivity contribution in [2.45, 2.75) is 26.2 Å². The molecule has 0 aliphatic carbocycles. The Morgan fingerprint density at radius 2 is 1.37 bits per heavy atom. The Bertz CT molecular complexity index is 812. The van der Waals surface area contributed by atoms with Gasteiger partial charge in [0, 0.05) is 21.0 Å². The second-order valence-corrected chi connectivity index (χ2v) is 7.39. The predicted molar refractivity (Wildman–Crippen MR) is 106 cm³/mol. The molecule has 9 nitrogen and oxygen atoms in total. The van der Waals surface area contributed by atoms with E-state index < -0.39 is 32.2 Å². The molecule has 2 atom stereocenters. The standard InChI is InChI=1S/C20H23O9P/c1-15(21)25-14-19(26-16(2)22)20(24-3)29-30(23,27-17-10-6-4-7-11-17)28-18-12-8-5-9-13-18/h4-13,19-20H,14H2,1-3H3/t19-,20?/m1/s1. The number of phosphoric ester groups is 1. The molecule has 0 N–H and O–H groups in total. The van der Waals surface area contributed by atoms with Crippen LogP contribution in [0.15, 0.2) is 60.7 Å². The van der Waals surface area contributed by atoms with Crippen LogP contribution in [0.2, 0.25) is 0 Å². The second-order valence-electron chi connectivity index (χ2n) is 5.92. The molecule has 0 radical (unpaired) electrons. The van der Waals surface area contributed by atoms with Crippen molar-refractivity contribution in [1.82, 2.24) is 0 Å². The fourth-order valence-electron chi connectivity index (χ4n) is 2.25. The molecule has 0 heterocycles. The normalized spacial score (nSPS) is 13.0. The first-order valence-corrected chi connectivity index (χ1v) is 10.4. The molecule has 0 amide bonds. The van der Waals surface area contributed by atoms with Crippen LogP contribution in [0.3, 0.4) is 0 Å². The quantitative estimate of drug-likeness (QED) is 0.295. The number of phosphoric acid groups is 1. The molecule has 30 heavy (non-hydrogen) atoms. The van der Waals surface area contributed by atoms with Gasteiger partial charge in [-0.05, 0) is 24.3 Å². The zero-order valence-electron chi connectivity index (χ0n) is 16.8. The molecule has 0 aliphatic heterocycles. The van der Waals surface area contributed by atoms with Gasteiger partial charge in [0.05, 0.1) is 0 Å². The van der Waals surface area contributed by atoms with Gasteiger partial charge in [0.2, 0.25) is 6.29 Å². The fourth-order valence-corrected chi connectivity index (χ4v) is 3.61. The van der Waals surface area contributed by atoms with E-state index >= 15 is 0 Å². The van der Waals surface area contributed by atoms with Crippen LogP contribution in [0.5, 0.6) is 11.5 Å². The molecule has 2 rings (SSSR count). The molecule has 1 unspecified atom stereocenters. The van der Waals surface area contributed by atoms with E-state index in [1.165, 1.54) is 14.0 Å². The van der Waals surface area contributed by atoms with Crippen LogP contribution in [-0.2, 0) is 32.9 Å². The summed E-state index contributed by atoms with van der Waals surface area (Å²) in [7, 11) is -3.10. The maximum Gasteiger partial charge on any atom is 0.590 e. The average molecular weight is 438 g/mol. The van der Waals surface area contributed by atoms with Crippen molar-refractivity contribution in [1.29, 1.82) is 0 Å². The summed E-state index contributed by atoms with van der Waals surface area (Å²) in [6.07, 6.45) is -2.64.